The minimum Gasteiger partial charge on any atom is -0.481 e. The molecule has 1 N–H and O–H groups in total. The molecule has 0 aliphatic heterocycles. The van der Waals surface area contributed by atoms with Gasteiger partial charge in [0.2, 0.25) is 0 Å². The molecule has 128 valence electrons. The van der Waals surface area contributed by atoms with Crippen LogP contribution in [-0.4, -0.2) is 60.4 Å². The van der Waals surface area contributed by atoms with Crippen molar-refractivity contribution in [3.8, 4) is 0 Å². The molecule has 22 heavy (non-hydrogen) atoms. The fourth-order valence-corrected chi connectivity index (χ4v) is 1.81. The average molecular weight is 315 g/mol. The number of carbonyl (C=O) groups excluding carboxylic acids is 1. The van der Waals surface area contributed by atoms with Gasteiger partial charge in [0.1, 0.15) is 0 Å². The Hall–Kier alpha value is -1.40. The van der Waals surface area contributed by atoms with Crippen LogP contribution in [0.2, 0.25) is 0 Å². The number of hydrogen-bond donors (Lipinski definition) is 1. The lowest BCUT2D eigenvalue weighted by Crippen LogP contribution is -2.43. The summed E-state index contributed by atoms with van der Waals surface area (Å²) in [5.41, 5.74) is -0.814. The molecular formula is C16H29NO5. The van der Waals surface area contributed by atoms with E-state index in [4.69, 9.17) is 9.84 Å². The molecule has 0 bridgehead atoms. The van der Waals surface area contributed by atoms with E-state index >= 15 is 0 Å². The van der Waals surface area contributed by atoms with Crippen LogP contribution in [-0.2, 0) is 19.1 Å². The normalized spacial score (nSPS) is 12.9. The summed E-state index contributed by atoms with van der Waals surface area (Å²) >= 11 is 0. The van der Waals surface area contributed by atoms with Crippen LogP contribution in [0.1, 0.15) is 40.5 Å². The molecule has 0 radical (unpaired) electrons. The summed E-state index contributed by atoms with van der Waals surface area (Å²) in [4.78, 5) is 23.9. The highest BCUT2D eigenvalue weighted by Gasteiger charge is 2.26. The quantitative estimate of drug-likeness (QED) is 0.491. The van der Waals surface area contributed by atoms with Crippen molar-refractivity contribution in [1.29, 1.82) is 0 Å². The Balaban J connectivity index is 4.30. The number of aliphatic carboxylic acids is 1. The zero-order valence-corrected chi connectivity index (χ0v) is 14.5. The second-order valence-electron chi connectivity index (χ2n) is 6.55. The molecule has 0 spiro atoms. The average Bonchev–Trinajstić information content (AvgIpc) is 2.35. The number of rotatable bonds is 10. The lowest BCUT2D eigenvalue weighted by Gasteiger charge is -2.36. The van der Waals surface area contributed by atoms with Gasteiger partial charge >= 0.3 is 11.9 Å². The predicted molar refractivity (Wildman–Crippen MR) is 84.8 cm³/mol. The first-order valence-corrected chi connectivity index (χ1v) is 7.31. The molecule has 0 heterocycles. The summed E-state index contributed by atoms with van der Waals surface area (Å²) in [7, 11) is 3.31. The van der Waals surface area contributed by atoms with E-state index in [9.17, 15) is 9.59 Å². The van der Waals surface area contributed by atoms with Gasteiger partial charge in [-0.15, -0.1) is 0 Å². The first kappa shape index (κ1) is 20.6. The van der Waals surface area contributed by atoms with E-state index in [-0.39, 0.29) is 17.9 Å². The monoisotopic (exact) mass is 315 g/mol. The summed E-state index contributed by atoms with van der Waals surface area (Å²) in [6.07, 6.45) is 3.88. The zero-order chi connectivity index (χ0) is 17.4. The van der Waals surface area contributed by atoms with Crippen LogP contribution in [0.5, 0.6) is 0 Å². The molecule has 0 aromatic carbocycles. The van der Waals surface area contributed by atoms with Crippen molar-refractivity contribution in [2.24, 2.45) is 0 Å². The molecule has 0 aliphatic rings. The number of carbonyl (C=O) groups is 2. The maximum atomic E-state index is 11.0. The maximum absolute atomic E-state index is 11.0. The van der Waals surface area contributed by atoms with Gasteiger partial charge in [0.15, 0.2) is 0 Å². The fraction of sp³-hybridized carbons (Fsp3) is 0.750. The Morgan fingerprint density at radius 3 is 2.32 bits per heavy atom. The molecule has 0 unspecified atom stereocenters. The summed E-state index contributed by atoms with van der Waals surface area (Å²) in [5, 5.41) is 8.83. The number of hydrogen-bond acceptors (Lipinski definition) is 5. The van der Waals surface area contributed by atoms with Crippen molar-refractivity contribution in [2.45, 2.75) is 51.7 Å². The number of methoxy groups -OCH3 is 1. The summed E-state index contributed by atoms with van der Waals surface area (Å²) in [6, 6.07) is 0. The van der Waals surface area contributed by atoms with Gasteiger partial charge in [0.05, 0.1) is 19.1 Å². The SMILES string of the molecule is COC(=O)/C=C/CN(C)C(C)(C)CCOC(C)(C)CC(=O)O. The molecule has 0 aromatic heterocycles. The lowest BCUT2D eigenvalue weighted by molar-refractivity contribution is -0.144. The van der Waals surface area contributed by atoms with Crippen molar-refractivity contribution < 1.29 is 24.2 Å². The van der Waals surface area contributed by atoms with Crippen molar-refractivity contribution in [2.75, 3.05) is 27.3 Å². The molecule has 0 saturated carbocycles. The predicted octanol–water partition coefficient (Wildman–Crippen LogP) is 2.09. The Kier molecular flexibility index (Phi) is 8.34. The molecule has 0 rings (SSSR count). The second-order valence-corrected chi connectivity index (χ2v) is 6.55. The molecule has 0 fully saturated rings. The Labute approximate surface area is 133 Å². The third-order valence-electron chi connectivity index (χ3n) is 3.65. The Morgan fingerprint density at radius 1 is 1.23 bits per heavy atom. The van der Waals surface area contributed by atoms with Gasteiger partial charge in [0, 0.05) is 24.8 Å². The van der Waals surface area contributed by atoms with E-state index in [1.165, 1.54) is 13.2 Å². The standard InChI is InChI=1S/C16H29NO5/c1-15(2,17(5)10-7-8-14(20)21-6)9-11-22-16(3,4)12-13(18)19/h7-8H,9-12H2,1-6H3,(H,18,19)/b8-7+. The van der Waals surface area contributed by atoms with E-state index in [2.05, 4.69) is 23.5 Å². The molecular weight excluding hydrogens is 286 g/mol. The van der Waals surface area contributed by atoms with Crippen LogP contribution in [0.15, 0.2) is 12.2 Å². The molecule has 6 nitrogen and oxygen atoms in total. The number of carboxylic acids is 1. The summed E-state index contributed by atoms with van der Waals surface area (Å²) in [6.45, 7) is 8.78. The van der Waals surface area contributed by atoms with Crippen molar-refractivity contribution in [1.82, 2.24) is 4.90 Å². The number of nitrogens with zero attached hydrogens (tertiary/aromatic N) is 1. The maximum Gasteiger partial charge on any atom is 0.330 e. The van der Waals surface area contributed by atoms with E-state index in [0.29, 0.717) is 13.2 Å². The molecule has 0 aromatic rings. The lowest BCUT2D eigenvalue weighted by atomic mass is 9.98. The van der Waals surface area contributed by atoms with Gasteiger partial charge in [-0.1, -0.05) is 6.08 Å². The van der Waals surface area contributed by atoms with E-state index in [0.717, 1.165) is 6.42 Å². The van der Waals surface area contributed by atoms with Crippen LogP contribution in [0.3, 0.4) is 0 Å². The molecule has 0 saturated heterocycles. The second kappa shape index (κ2) is 8.90. The minimum atomic E-state index is -0.866. The molecule has 0 atom stereocenters. The van der Waals surface area contributed by atoms with Crippen LogP contribution in [0.4, 0.5) is 0 Å². The Morgan fingerprint density at radius 2 is 1.82 bits per heavy atom. The zero-order valence-electron chi connectivity index (χ0n) is 14.5. The van der Waals surface area contributed by atoms with Crippen LogP contribution >= 0.6 is 0 Å². The molecule has 0 amide bonds. The highest BCUT2D eigenvalue weighted by molar-refractivity contribution is 5.81. The number of carboxylic acid groups (broad SMARTS) is 1. The van der Waals surface area contributed by atoms with Crippen LogP contribution < -0.4 is 0 Å². The first-order valence-electron chi connectivity index (χ1n) is 7.31. The van der Waals surface area contributed by atoms with E-state index in [1.807, 2.05) is 7.05 Å². The topological polar surface area (TPSA) is 76.1 Å². The van der Waals surface area contributed by atoms with Gasteiger partial charge in [-0.2, -0.15) is 0 Å². The number of esters is 1. The van der Waals surface area contributed by atoms with Crippen molar-refractivity contribution in [3.63, 3.8) is 0 Å². The number of ether oxygens (including phenoxy) is 2. The first-order chi connectivity index (χ1) is 10.00. The highest BCUT2D eigenvalue weighted by Crippen LogP contribution is 2.20. The van der Waals surface area contributed by atoms with Gasteiger partial charge in [0.25, 0.3) is 0 Å². The third-order valence-corrected chi connectivity index (χ3v) is 3.65. The minimum absolute atomic E-state index is 0.0227. The smallest absolute Gasteiger partial charge is 0.330 e. The van der Waals surface area contributed by atoms with Gasteiger partial charge in [-0.3, -0.25) is 9.69 Å². The van der Waals surface area contributed by atoms with E-state index in [1.54, 1.807) is 19.9 Å². The fourth-order valence-electron chi connectivity index (χ4n) is 1.81. The van der Waals surface area contributed by atoms with Crippen LogP contribution in [0.25, 0.3) is 0 Å². The van der Waals surface area contributed by atoms with Gasteiger partial charge in [-0.05, 0) is 41.2 Å². The molecule has 6 heteroatoms. The third kappa shape index (κ3) is 8.79. The summed E-state index contributed by atoms with van der Waals surface area (Å²) < 4.78 is 10.2. The number of likely N-dealkylation sites (N-methyl/N-ethyl adjacent to an activating group) is 1. The summed E-state index contributed by atoms with van der Waals surface area (Å²) in [5.74, 6) is -1.24. The van der Waals surface area contributed by atoms with Gasteiger partial charge < -0.3 is 14.6 Å². The van der Waals surface area contributed by atoms with Crippen molar-refractivity contribution in [3.05, 3.63) is 12.2 Å². The Bertz CT molecular complexity index is 401. The van der Waals surface area contributed by atoms with Crippen molar-refractivity contribution >= 4 is 11.9 Å². The largest absolute Gasteiger partial charge is 0.481 e. The van der Waals surface area contributed by atoms with Crippen LogP contribution in [0, 0.1) is 0 Å². The highest BCUT2D eigenvalue weighted by atomic mass is 16.5. The van der Waals surface area contributed by atoms with E-state index < -0.39 is 11.6 Å². The molecule has 0 aliphatic carbocycles. The van der Waals surface area contributed by atoms with Gasteiger partial charge in [-0.25, -0.2) is 4.79 Å².